The predicted molar refractivity (Wildman–Crippen MR) is 128 cm³/mol. The molecule has 1 amide bonds. The highest BCUT2D eigenvalue weighted by molar-refractivity contribution is 6.33. The first-order valence-electron chi connectivity index (χ1n) is 10.2. The molecule has 0 aliphatic rings. The lowest BCUT2D eigenvalue weighted by Crippen LogP contribution is -2.20. The fraction of sp³-hybridized carbons (Fsp3) is 0.154. The van der Waals surface area contributed by atoms with Crippen molar-refractivity contribution in [2.24, 2.45) is 0 Å². The lowest BCUT2D eigenvalue weighted by atomic mass is 10.0. The number of benzene rings is 3. The zero-order chi connectivity index (χ0) is 22.8. The van der Waals surface area contributed by atoms with E-state index in [1.165, 1.54) is 0 Å². The SMILES string of the molecule is Cc1cccc(NC(=O)COc2ccc3c(=O)c(-c4ccccc4Cl)c(C)oc3c2)c1C. The third-order valence-corrected chi connectivity index (χ3v) is 5.76. The summed E-state index contributed by atoms with van der Waals surface area (Å²) >= 11 is 6.29. The number of rotatable bonds is 5. The molecule has 4 rings (SSSR count). The summed E-state index contributed by atoms with van der Waals surface area (Å²) in [5.74, 6) is 0.618. The monoisotopic (exact) mass is 447 g/mol. The largest absolute Gasteiger partial charge is 0.484 e. The summed E-state index contributed by atoms with van der Waals surface area (Å²) in [5.41, 5.74) is 4.14. The Balaban J connectivity index is 1.56. The molecule has 0 saturated heterocycles. The summed E-state index contributed by atoms with van der Waals surface area (Å²) in [6.07, 6.45) is 0. The van der Waals surface area contributed by atoms with Crippen LogP contribution in [0.15, 0.2) is 69.9 Å². The molecule has 1 aromatic heterocycles. The number of nitrogens with one attached hydrogen (secondary N) is 1. The van der Waals surface area contributed by atoms with E-state index in [9.17, 15) is 9.59 Å². The van der Waals surface area contributed by atoms with Crippen molar-refractivity contribution >= 4 is 34.2 Å². The van der Waals surface area contributed by atoms with Crippen molar-refractivity contribution in [2.45, 2.75) is 20.8 Å². The van der Waals surface area contributed by atoms with E-state index in [2.05, 4.69) is 5.32 Å². The van der Waals surface area contributed by atoms with Crippen LogP contribution < -0.4 is 15.5 Å². The highest BCUT2D eigenvalue weighted by Gasteiger charge is 2.16. The summed E-state index contributed by atoms with van der Waals surface area (Å²) in [6, 6.07) is 17.8. The molecule has 162 valence electrons. The van der Waals surface area contributed by atoms with E-state index in [-0.39, 0.29) is 17.9 Å². The van der Waals surface area contributed by atoms with Crippen LogP contribution in [0.25, 0.3) is 22.1 Å². The van der Waals surface area contributed by atoms with Gasteiger partial charge in [0.15, 0.2) is 6.61 Å². The minimum Gasteiger partial charge on any atom is -0.484 e. The van der Waals surface area contributed by atoms with E-state index >= 15 is 0 Å². The van der Waals surface area contributed by atoms with Gasteiger partial charge < -0.3 is 14.5 Å². The second-order valence-corrected chi connectivity index (χ2v) is 7.99. The summed E-state index contributed by atoms with van der Waals surface area (Å²) in [6.45, 7) is 5.50. The lowest BCUT2D eigenvalue weighted by Gasteiger charge is -2.12. The Labute approximate surface area is 190 Å². The maximum Gasteiger partial charge on any atom is 0.262 e. The summed E-state index contributed by atoms with van der Waals surface area (Å²) in [4.78, 5) is 25.5. The van der Waals surface area contributed by atoms with Crippen LogP contribution in [0.3, 0.4) is 0 Å². The Bertz CT molecular complexity index is 1390. The van der Waals surface area contributed by atoms with Crippen LogP contribution in [0.4, 0.5) is 5.69 Å². The van der Waals surface area contributed by atoms with Gasteiger partial charge in [0.1, 0.15) is 17.1 Å². The topological polar surface area (TPSA) is 68.5 Å². The average molecular weight is 448 g/mol. The number of hydrogen-bond acceptors (Lipinski definition) is 4. The van der Waals surface area contributed by atoms with Crippen molar-refractivity contribution in [1.82, 2.24) is 0 Å². The minimum atomic E-state index is -0.273. The molecule has 1 N–H and O–H groups in total. The van der Waals surface area contributed by atoms with Crippen molar-refractivity contribution in [1.29, 1.82) is 0 Å². The predicted octanol–water partition coefficient (Wildman–Crippen LogP) is 6.06. The van der Waals surface area contributed by atoms with Gasteiger partial charge in [-0.3, -0.25) is 9.59 Å². The number of ether oxygens (including phenoxy) is 1. The molecule has 0 atom stereocenters. The van der Waals surface area contributed by atoms with Crippen LogP contribution in [0.5, 0.6) is 5.75 Å². The number of aryl methyl sites for hydroxylation is 2. The summed E-state index contributed by atoms with van der Waals surface area (Å²) in [5, 5.41) is 3.76. The first kappa shape index (κ1) is 21.7. The van der Waals surface area contributed by atoms with Gasteiger partial charge in [0, 0.05) is 22.3 Å². The van der Waals surface area contributed by atoms with Gasteiger partial charge in [-0.15, -0.1) is 0 Å². The standard InChI is InChI=1S/C26H22ClNO4/c1-15-7-6-10-22(16(15)2)28-24(29)14-31-18-11-12-20-23(13-18)32-17(3)25(26(20)30)19-8-4-5-9-21(19)27/h4-13H,14H2,1-3H3,(H,28,29). The minimum absolute atomic E-state index is 0.167. The Morgan fingerprint density at radius 2 is 1.81 bits per heavy atom. The van der Waals surface area contributed by atoms with Crippen molar-refractivity contribution < 1.29 is 13.9 Å². The number of halogens is 1. The van der Waals surface area contributed by atoms with E-state index in [0.717, 1.165) is 16.8 Å². The normalized spacial score (nSPS) is 10.9. The highest BCUT2D eigenvalue weighted by Crippen LogP contribution is 2.30. The van der Waals surface area contributed by atoms with Gasteiger partial charge in [-0.25, -0.2) is 0 Å². The van der Waals surface area contributed by atoms with Crippen LogP contribution in [0.1, 0.15) is 16.9 Å². The fourth-order valence-corrected chi connectivity index (χ4v) is 3.80. The third-order valence-electron chi connectivity index (χ3n) is 5.43. The highest BCUT2D eigenvalue weighted by atomic mass is 35.5. The molecular formula is C26H22ClNO4. The molecule has 32 heavy (non-hydrogen) atoms. The molecule has 0 bridgehead atoms. The number of fused-ring (bicyclic) bond motifs is 1. The molecule has 0 aliphatic heterocycles. The van der Waals surface area contributed by atoms with Crippen LogP contribution in [0, 0.1) is 20.8 Å². The Morgan fingerprint density at radius 3 is 2.59 bits per heavy atom. The number of hydrogen-bond donors (Lipinski definition) is 1. The molecule has 0 fully saturated rings. The number of carbonyl (C=O) groups is 1. The van der Waals surface area contributed by atoms with Gasteiger partial charge in [-0.2, -0.15) is 0 Å². The summed E-state index contributed by atoms with van der Waals surface area (Å²) < 4.78 is 11.6. The van der Waals surface area contributed by atoms with Gasteiger partial charge in [0.05, 0.1) is 10.9 Å². The third kappa shape index (κ3) is 4.25. The van der Waals surface area contributed by atoms with Crippen molar-refractivity contribution in [3.8, 4) is 16.9 Å². The van der Waals surface area contributed by atoms with E-state index in [1.54, 1.807) is 37.3 Å². The van der Waals surface area contributed by atoms with Gasteiger partial charge >= 0.3 is 0 Å². The van der Waals surface area contributed by atoms with Crippen LogP contribution in [0.2, 0.25) is 5.02 Å². The average Bonchev–Trinajstić information content (AvgIpc) is 2.76. The maximum atomic E-state index is 13.1. The zero-order valence-corrected chi connectivity index (χ0v) is 18.7. The quantitative estimate of drug-likeness (QED) is 0.404. The zero-order valence-electron chi connectivity index (χ0n) is 18.0. The second-order valence-electron chi connectivity index (χ2n) is 7.58. The molecule has 6 heteroatoms. The van der Waals surface area contributed by atoms with Gasteiger partial charge in [0.2, 0.25) is 5.43 Å². The van der Waals surface area contributed by atoms with E-state index in [1.807, 2.05) is 44.2 Å². The molecule has 3 aromatic carbocycles. The van der Waals surface area contributed by atoms with Crippen LogP contribution in [-0.2, 0) is 4.79 Å². The number of anilines is 1. The molecule has 0 spiro atoms. The second kappa shape index (κ2) is 8.89. The van der Waals surface area contributed by atoms with Crippen LogP contribution >= 0.6 is 11.6 Å². The van der Waals surface area contributed by atoms with Crippen molar-refractivity contribution in [3.63, 3.8) is 0 Å². The number of amides is 1. The lowest BCUT2D eigenvalue weighted by molar-refractivity contribution is -0.118. The molecular weight excluding hydrogens is 426 g/mol. The Hall–Kier alpha value is -3.57. The first-order chi connectivity index (χ1) is 15.3. The molecule has 0 saturated carbocycles. The van der Waals surface area contributed by atoms with Crippen molar-refractivity contribution in [2.75, 3.05) is 11.9 Å². The molecule has 4 aromatic rings. The Kier molecular flexibility index (Phi) is 6.01. The van der Waals surface area contributed by atoms with E-state index in [0.29, 0.717) is 38.6 Å². The van der Waals surface area contributed by atoms with E-state index < -0.39 is 0 Å². The first-order valence-corrected chi connectivity index (χ1v) is 10.5. The smallest absolute Gasteiger partial charge is 0.262 e. The molecule has 5 nitrogen and oxygen atoms in total. The Morgan fingerprint density at radius 1 is 1.03 bits per heavy atom. The van der Waals surface area contributed by atoms with Crippen molar-refractivity contribution in [3.05, 3.63) is 92.8 Å². The summed E-state index contributed by atoms with van der Waals surface area (Å²) in [7, 11) is 0. The molecule has 1 heterocycles. The van der Waals surface area contributed by atoms with Gasteiger partial charge in [-0.1, -0.05) is 41.9 Å². The maximum absolute atomic E-state index is 13.1. The fourth-order valence-electron chi connectivity index (χ4n) is 3.57. The van der Waals surface area contributed by atoms with E-state index in [4.69, 9.17) is 20.8 Å². The number of carbonyl (C=O) groups excluding carboxylic acids is 1. The van der Waals surface area contributed by atoms with Crippen LogP contribution in [-0.4, -0.2) is 12.5 Å². The molecule has 0 radical (unpaired) electrons. The molecule has 0 unspecified atom stereocenters. The van der Waals surface area contributed by atoms with Gasteiger partial charge in [-0.05, 0) is 56.2 Å². The van der Waals surface area contributed by atoms with Gasteiger partial charge in [0.25, 0.3) is 5.91 Å². The molecule has 0 aliphatic carbocycles.